The summed E-state index contributed by atoms with van der Waals surface area (Å²) >= 11 is 1.35. The van der Waals surface area contributed by atoms with Crippen molar-refractivity contribution in [1.29, 1.82) is 0 Å². The minimum absolute atomic E-state index is 0.0436. The summed E-state index contributed by atoms with van der Waals surface area (Å²) in [5.74, 6) is 0.0436. The monoisotopic (exact) mass is 303 g/mol. The lowest BCUT2D eigenvalue weighted by Crippen LogP contribution is -2.52. The number of nitrogens with two attached hydrogens (primary N) is 1. The van der Waals surface area contributed by atoms with E-state index in [2.05, 4.69) is 15.1 Å². The number of carbonyl (C=O) groups is 1. The van der Waals surface area contributed by atoms with Crippen LogP contribution in [0.4, 0.5) is 5.69 Å². The summed E-state index contributed by atoms with van der Waals surface area (Å²) < 4.78 is 0. The first-order valence-electron chi connectivity index (χ1n) is 7.27. The highest BCUT2D eigenvalue weighted by atomic mass is 32.1. The fraction of sp³-hybridized carbons (Fsp3) is 0.500. The number of hydrogen-bond donors (Lipinski definition) is 1. The van der Waals surface area contributed by atoms with Crippen LogP contribution in [0, 0.1) is 0 Å². The Kier molecular flexibility index (Phi) is 3.04. The molecule has 2 N–H and O–H groups in total. The Morgan fingerprint density at radius 1 is 1.38 bits per heavy atom. The molecule has 2 saturated heterocycles. The lowest BCUT2D eigenvalue weighted by Gasteiger charge is -2.37. The number of nitrogens with zero attached hydrogens (tertiary/aromatic N) is 4. The highest BCUT2D eigenvalue weighted by Crippen LogP contribution is 2.33. The summed E-state index contributed by atoms with van der Waals surface area (Å²) in [7, 11) is 0. The highest BCUT2D eigenvalue weighted by Gasteiger charge is 2.34. The second-order valence-electron chi connectivity index (χ2n) is 5.68. The van der Waals surface area contributed by atoms with Crippen LogP contribution in [-0.4, -0.2) is 58.1 Å². The lowest BCUT2D eigenvalue weighted by atomic mass is 10.1. The van der Waals surface area contributed by atoms with Crippen LogP contribution in [0.5, 0.6) is 0 Å². The third-order valence-corrected chi connectivity index (χ3v) is 5.58. The van der Waals surface area contributed by atoms with E-state index in [0.29, 0.717) is 16.6 Å². The molecule has 7 heteroatoms. The van der Waals surface area contributed by atoms with Crippen molar-refractivity contribution in [2.45, 2.75) is 18.9 Å². The molecule has 2 aromatic heterocycles. The van der Waals surface area contributed by atoms with Gasteiger partial charge in [0.2, 0.25) is 0 Å². The van der Waals surface area contributed by atoms with Crippen molar-refractivity contribution in [2.24, 2.45) is 0 Å². The standard InChI is InChI=1S/C14H17N5OS/c15-11-10-3-4-16-17-13(10)21-12(11)14(20)19-7-6-18-5-1-2-9(18)8-19/h3-4,9H,1-2,5-8,15H2. The highest BCUT2D eigenvalue weighted by molar-refractivity contribution is 7.21. The average molecular weight is 303 g/mol. The summed E-state index contributed by atoms with van der Waals surface area (Å²) in [6, 6.07) is 2.35. The fourth-order valence-corrected chi connectivity index (χ4v) is 4.36. The zero-order valence-electron chi connectivity index (χ0n) is 11.7. The van der Waals surface area contributed by atoms with E-state index in [0.717, 1.165) is 29.9 Å². The van der Waals surface area contributed by atoms with Gasteiger partial charge < -0.3 is 10.6 Å². The summed E-state index contributed by atoms with van der Waals surface area (Å²) in [4.78, 5) is 18.5. The molecular formula is C14H17N5OS. The quantitative estimate of drug-likeness (QED) is 0.856. The second kappa shape index (κ2) is 4.92. The molecule has 0 radical (unpaired) electrons. The van der Waals surface area contributed by atoms with Crippen molar-refractivity contribution in [3.8, 4) is 0 Å². The molecule has 2 aliphatic rings. The number of carbonyl (C=O) groups excluding carboxylic acids is 1. The maximum atomic E-state index is 12.8. The molecule has 0 spiro atoms. The van der Waals surface area contributed by atoms with Crippen molar-refractivity contribution >= 4 is 33.1 Å². The molecule has 1 atom stereocenters. The maximum absolute atomic E-state index is 12.8. The largest absolute Gasteiger partial charge is 0.397 e. The van der Waals surface area contributed by atoms with Gasteiger partial charge >= 0.3 is 0 Å². The topological polar surface area (TPSA) is 75.4 Å². The minimum Gasteiger partial charge on any atom is -0.397 e. The van der Waals surface area contributed by atoms with Gasteiger partial charge in [-0.15, -0.1) is 16.4 Å². The van der Waals surface area contributed by atoms with Gasteiger partial charge in [0.15, 0.2) is 0 Å². The molecule has 0 aliphatic carbocycles. The van der Waals surface area contributed by atoms with Crippen LogP contribution in [0.1, 0.15) is 22.5 Å². The molecule has 21 heavy (non-hydrogen) atoms. The van der Waals surface area contributed by atoms with Crippen molar-refractivity contribution in [3.05, 3.63) is 17.1 Å². The molecule has 110 valence electrons. The predicted molar refractivity (Wildman–Crippen MR) is 82.3 cm³/mol. The van der Waals surface area contributed by atoms with Gasteiger partial charge in [0.1, 0.15) is 9.71 Å². The second-order valence-corrected chi connectivity index (χ2v) is 6.68. The zero-order valence-corrected chi connectivity index (χ0v) is 12.5. The van der Waals surface area contributed by atoms with Crippen LogP contribution < -0.4 is 5.73 Å². The number of nitrogen functional groups attached to an aromatic ring is 1. The summed E-state index contributed by atoms with van der Waals surface area (Å²) in [6.45, 7) is 3.75. The lowest BCUT2D eigenvalue weighted by molar-refractivity contribution is 0.0577. The van der Waals surface area contributed by atoms with Crippen molar-refractivity contribution < 1.29 is 4.79 Å². The van der Waals surface area contributed by atoms with Crippen LogP contribution in [0.3, 0.4) is 0 Å². The van der Waals surface area contributed by atoms with Gasteiger partial charge in [0.25, 0.3) is 5.91 Å². The van der Waals surface area contributed by atoms with E-state index >= 15 is 0 Å². The van der Waals surface area contributed by atoms with Gasteiger partial charge in [-0.25, -0.2) is 0 Å². The molecule has 1 unspecified atom stereocenters. The van der Waals surface area contributed by atoms with E-state index in [-0.39, 0.29) is 5.91 Å². The van der Waals surface area contributed by atoms with Gasteiger partial charge in [0.05, 0.1) is 11.9 Å². The fourth-order valence-electron chi connectivity index (χ4n) is 3.35. The van der Waals surface area contributed by atoms with Crippen LogP contribution in [0.15, 0.2) is 12.3 Å². The number of piperazine rings is 1. The molecule has 2 aliphatic heterocycles. The molecular weight excluding hydrogens is 286 g/mol. The summed E-state index contributed by atoms with van der Waals surface area (Å²) in [5, 5.41) is 8.74. The van der Waals surface area contributed by atoms with Gasteiger partial charge in [-0.2, -0.15) is 5.10 Å². The number of hydrogen-bond acceptors (Lipinski definition) is 6. The Morgan fingerprint density at radius 2 is 2.29 bits per heavy atom. The van der Waals surface area contributed by atoms with E-state index in [4.69, 9.17) is 5.73 Å². The van der Waals surface area contributed by atoms with Crippen LogP contribution >= 0.6 is 11.3 Å². The van der Waals surface area contributed by atoms with E-state index < -0.39 is 0 Å². The van der Waals surface area contributed by atoms with Crippen LogP contribution in [0.2, 0.25) is 0 Å². The maximum Gasteiger partial charge on any atom is 0.266 e. The molecule has 4 rings (SSSR count). The third kappa shape index (κ3) is 2.08. The van der Waals surface area contributed by atoms with Gasteiger partial charge in [-0.1, -0.05) is 0 Å². The summed E-state index contributed by atoms with van der Waals surface area (Å²) in [6.07, 6.45) is 4.04. The molecule has 0 bridgehead atoms. The molecule has 6 nitrogen and oxygen atoms in total. The third-order valence-electron chi connectivity index (χ3n) is 4.49. The van der Waals surface area contributed by atoms with Crippen LogP contribution in [-0.2, 0) is 0 Å². The first-order valence-corrected chi connectivity index (χ1v) is 8.08. The molecule has 0 aromatic carbocycles. The molecule has 4 heterocycles. The number of thiophene rings is 1. The first-order chi connectivity index (χ1) is 10.2. The Bertz CT molecular complexity index is 700. The number of rotatable bonds is 1. The van der Waals surface area contributed by atoms with E-state index in [9.17, 15) is 4.79 Å². The molecule has 0 saturated carbocycles. The first kappa shape index (κ1) is 13.0. The van der Waals surface area contributed by atoms with Gasteiger partial charge in [-0.05, 0) is 25.5 Å². The zero-order chi connectivity index (χ0) is 14.4. The normalized spacial score (nSPS) is 22.7. The average Bonchev–Trinajstić information content (AvgIpc) is 3.11. The van der Waals surface area contributed by atoms with Crippen LogP contribution in [0.25, 0.3) is 10.2 Å². The number of anilines is 1. The Balaban J connectivity index is 1.62. The Labute approximate surface area is 126 Å². The minimum atomic E-state index is 0.0436. The number of aromatic nitrogens is 2. The van der Waals surface area contributed by atoms with Crippen molar-refractivity contribution in [2.75, 3.05) is 31.9 Å². The van der Waals surface area contributed by atoms with E-state index in [1.807, 2.05) is 11.0 Å². The van der Waals surface area contributed by atoms with E-state index in [1.54, 1.807) is 6.20 Å². The Morgan fingerprint density at radius 3 is 3.14 bits per heavy atom. The number of amides is 1. The Hall–Kier alpha value is -1.73. The van der Waals surface area contributed by atoms with E-state index in [1.165, 1.54) is 30.7 Å². The molecule has 2 aromatic rings. The summed E-state index contributed by atoms with van der Waals surface area (Å²) in [5.41, 5.74) is 6.68. The predicted octanol–water partition coefficient (Wildman–Crippen LogP) is 1.19. The van der Waals surface area contributed by atoms with Crippen molar-refractivity contribution in [3.63, 3.8) is 0 Å². The molecule has 1 amide bonds. The van der Waals surface area contributed by atoms with Gasteiger partial charge in [0, 0.05) is 31.1 Å². The SMILES string of the molecule is Nc1c(C(=O)N2CCN3CCCC3C2)sc2nnccc12. The number of fused-ring (bicyclic) bond motifs is 2. The van der Waals surface area contributed by atoms with Gasteiger partial charge in [-0.3, -0.25) is 9.69 Å². The smallest absolute Gasteiger partial charge is 0.266 e. The molecule has 2 fully saturated rings. The van der Waals surface area contributed by atoms with Crippen molar-refractivity contribution in [1.82, 2.24) is 20.0 Å².